The molecule has 1 saturated carbocycles. The molecule has 4 unspecified atom stereocenters. The van der Waals surface area contributed by atoms with E-state index in [-0.39, 0.29) is 23.7 Å². The number of aliphatic carboxylic acids is 1. The van der Waals surface area contributed by atoms with Gasteiger partial charge >= 0.3 is 5.97 Å². The average Bonchev–Trinajstić information content (AvgIpc) is 2.99. The molecule has 2 aliphatic rings. The minimum absolute atomic E-state index is 0.0476. The van der Waals surface area contributed by atoms with Gasteiger partial charge in [0.05, 0.1) is 11.8 Å². The lowest BCUT2D eigenvalue weighted by molar-refractivity contribution is -0.147. The van der Waals surface area contributed by atoms with Crippen LogP contribution in [-0.4, -0.2) is 23.5 Å². The lowest BCUT2D eigenvalue weighted by atomic mass is 9.82. The molecular weight excluding hydrogens is 242 g/mol. The van der Waals surface area contributed by atoms with Crippen LogP contribution in [0.5, 0.6) is 0 Å². The molecule has 106 valence electrons. The van der Waals surface area contributed by atoms with Crippen molar-refractivity contribution in [2.75, 3.05) is 6.54 Å². The summed E-state index contributed by atoms with van der Waals surface area (Å²) in [7, 11) is 0. The molecule has 2 N–H and O–H groups in total. The van der Waals surface area contributed by atoms with Gasteiger partial charge in [0.2, 0.25) is 5.91 Å². The average molecular weight is 265 g/mol. The van der Waals surface area contributed by atoms with Gasteiger partial charge < -0.3 is 10.4 Å². The van der Waals surface area contributed by atoms with Gasteiger partial charge in [-0.2, -0.15) is 0 Å². The topological polar surface area (TPSA) is 66.4 Å². The van der Waals surface area contributed by atoms with Crippen molar-refractivity contribution in [3.05, 3.63) is 12.2 Å². The second-order valence-electron chi connectivity index (χ2n) is 5.77. The molecule has 0 aromatic carbocycles. The Bertz CT molecular complexity index is 387. The molecule has 0 aliphatic heterocycles. The predicted octanol–water partition coefficient (Wildman–Crippen LogP) is 2.06. The van der Waals surface area contributed by atoms with Crippen LogP contribution in [0.15, 0.2) is 12.2 Å². The van der Waals surface area contributed by atoms with Crippen molar-refractivity contribution in [1.29, 1.82) is 0 Å². The fourth-order valence-electron chi connectivity index (χ4n) is 3.46. The zero-order valence-corrected chi connectivity index (χ0v) is 11.6. The summed E-state index contributed by atoms with van der Waals surface area (Å²) >= 11 is 0. The lowest BCUT2D eigenvalue weighted by Gasteiger charge is -2.24. The van der Waals surface area contributed by atoms with E-state index in [0.29, 0.717) is 12.5 Å². The first-order chi connectivity index (χ1) is 9.08. The first-order valence-corrected chi connectivity index (χ1v) is 7.27. The summed E-state index contributed by atoms with van der Waals surface area (Å²) in [5.74, 6) is -1.16. The summed E-state index contributed by atoms with van der Waals surface area (Å²) in [6.45, 7) is 4.89. The number of rotatable bonds is 6. The minimum atomic E-state index is -0.834. The molecule has 0 aromatic heterocycles. The summed E-state index contributed by atoms with van der Waals surface area (Å²) in [5.41, 5.74) is 0. The number of carbonyl (C=O) groups excluding carboxylic acids is 1. The van der Waals surface area contributed by atoms with Gasteiger partial charge in [-0.3, -0.25) is 9.59 Å². The molecule has 4 atom stereocenters. The van der Waals surface area contributed by atoms with Crippen LogP contribution >= 0.6 is 0 Å². The Morgan fingerprint density at radius 3 is 2.32 bits per heavy atom. The van der Waals surface area contributed by atoms with Gasteiger partial charge in [-0.05, 0) is 24.2 Å². The molecule has 0 heterocycles. The highest BCUT2D eigenvalue weighted by atomic mass is 16.4. The normalized spacial score (nSPS) is 31.9. The Morgan fingerprint density at radius 1 is 1.21 bits per heavy atom. The Morgan fingerprint density at radius 2 is 1.79 bits per heavy atom. The molecule has 1 fully saturated rings. The van der Waals surface area contributed by atoms with Crippen molar-refractivity contribution in [1.82, 2.24) is 5.32 Å². The second-order valence-corrected chi connectivity index (χ2v) is 5.77. The number of carboxylic acids is 1. The minimum Gasteiger partial charge on any atom is -0.481 e. The first kappa shape index (κ1) is 14.1. The smallest absolute Gasteiger partial charge is 0.307 e. The van der Waals surface area contributed by atoms with Crippen molar-refractivity contribution < 1.29 is 14.7 Å². The molecule has 2 bridgehead atoms. The standard InChI is InChI=1S/C15H23NO3/c1-3-9(4-2)8-16-14(17)12-10-5-6-11(7-10)13(12)15(18)19/h5-6,9-13H,3-4,7-8H2,1-2H3,(H,16,17)(H,18,19). The molecule has 0 aromatic rings. The van der Waals surface area contributed by atoms with E-state index in [1.54, 1.807) is 0 Å². The highest BCUT2D eigenvalue weighted by Gasteiger charge is 2.51. The van der Waals surface area contributed by atoms with E-state index in [9.17, 15) is 14.7 Å². The Balaban J connectivity index is 1.98. The number of amides is 1. The number of hydrogen-bond donors (Lipinski definition) is 2. The molecule has 2 aliphatic carbocycles. The third-order valence-electron chi connectivity index (χ3n) is 4.77. The van der Waals surface area contributed by atoms with E-state index in [4.69, 9.17) is 0 Å². The van der Waals surface area contributed by atoms with Crippen LogP contribution in [0.2, 0.25) is 0 Å². The summed E-state index contributed by atoms with van der Waals surface area (Å²) < 4.78 is 0. The first-order valence-electron chi connectivity index (χ1n) is 7.27. The fourth-order valence-corrected chi connectivity index (χ4v) is 3.46. The van der Waals surface area contributed by atoms with Crippen LogP contribution in [0.1, 0.15) is 33.1 Å². The van der Waals surface area contributed by atoms with Crippen molar-refractivity contribution >= 4 is 11.9 Å². The van der Waals surface area contributed by atoms with E-state index in [2.05, 4.69) is 19.2 Å². The maximum Gasteiger partial charge on any atom is 0.307 e. The Labute approximate surface area is 114 Å². The molecule has 0 spiro atoms. The van der Waals surface area contributed by atoms with E-state index in [1.807, 2.05) is 12.2 Å². The summed E-state index contributed by atoms with van der Waals surface area (Å²) in [6.07, 6.45) is 6.88. The van der Waals surface area contributed by atoms with E-state index in [1.165, 1.54) is 0 Å². The molecule has 19 heavy (non-hydrogen) atoms. The Kier molecular flexibility index (Phi) is 4.27. The SMILES string of the molecule is CCC(CC)CNC(=O)C1C2C=CC(C2)C1C(=O)O. The van der Waals surface area contributed by atoms with Gasteiger partial charge in [-0.25, -0.2) is 0 Å². The third-order valence-corrected chi connectivity index (χ3v) is 4.77. The van der Waals surface area contributed by atoms with Crippen molar-refractivity contribution in [3.63, 3.8) is 0 Å². The van der Waals surface area contributed by atoms with E-state index in [0.717, 1.165) is 19.3 Å². The monoisotopic (exact) mass is 265 g/mol. The summed E-state index contributed by atoms with van der Waals surface area (Å²) in [6, 6.07) is 0. The van der Waals surface area contributed by atoms with Crippen LogP contribution in [0.3, 0.4) is 0 Å². The predicted molar refractivity (Wildman–Crippen MR) is 72.4 cm³/mol. The molecule has 4 nitrogen and oxygen atoms in total. The van der Waals surface area contributed by atoms with Crippen molar-refractivity contribution in [2.45, 2.75) is 33.1 Å². The number of allylic oxidation sites excluding steroid dienone is 2. The zero-order chi connectivity index (χ0) is 14.0. The van der Waals surface area contributed by atoms with Crippen LogP contribution < -0.4 is 5.32 Å². The third kappa shape index (κ3) is 2.67. The largest absolute Gasteiger partial charge is 0.481 e. The quantitative estimate of drug-likeness (QED) is 0.722. The summed E-state index contributed by atoms with van der Waals surface area (Å²) in [5, 5.41) is 12.3. The van der Waals surface area contributed by atoms with Crippen LogP contribution in [0.4, 0.5) is 0 Å². The van der Waals surface area contributed by atoms with Gasteiger partial charge in [0.1, 0.15) is 0 Å². The van der Waals surface area contributed by atoms with Crippen molar-refractivity contribution in [3.8, 4) is 0 Å². The van der Waals surface area contributed by atoms with Crippen molar-refractivity contribution in [2.24, 2.45) is 29.6 Å². The van der Waals surface area contributed by atoms with Crippen LogP contribution in [0.25, 0.3) is 0 Å². The van der Waals surface area contributed by atoms with Gasteiger partial charge in [0.15, 0.2) is 0 Å². The molecule has 2 rings (SSSR count). The number of carbonyl (C=O) groups is 2. The molecule has 0 radical (unpaired) electrons. The second kappa shape index (κ2) is 5.76. The highest BCUT2D eigenvalue weighted by Crippen LogP contribution is 2.48. The number of fused-ring (bicyclic) bond motifs is 2. The van der Waals surface area contributed by atoms with Gasteiger partial charge in [-0.15, -0.1) is 0 Å². The van der Waals surface area contributed by atoms with E-state index < -0.39 is 11.9 Å². The van der Waals surface area contributed by atoms with Crippen LogP contribution in [-0.2, 0) is 9.59 Å². The highest BCUT2D eigenvalue weighted by molar-refractivity contribution is 5.86. The molecular formula is C15H23NO3. The van der Waals surface area contributed by atoms with Crippen LogP contribution in [0, 0.1) is 29.6 Å². The Hall–Kier alpha value is -1.32. The number of carboxylic acid groups (broad SMARTS) is 1. The van der Waals surface area contributed by atoms with E-state index >= 15 is 0 Å². The maximum absolute atomic E-state index is 12.3. The van der Waals surface area contributed by atoms with Gasteiger partial charge in [-0.1, -0.05) is 38.8 Å². The van der Waals surface area contributed by atoms with Gasteiger partial charge in [0.25, 0.3) is 0 Å². The lowest BCUT2D eigenvalue weighted by Crippen LogP contribution is -2.41. The molecule has 1 amide bonds. The molecule has 0 saturated heterocycles. The maximum atomic E-state index is 12.3. The summed E-state index contributed by atoms with van der Waals surface area (Å²) in [4.78, 5) is 23.6. The molecule has 4 heteroatoms. The number of nitrogens with one attached hydrogen (secondary N) is 1. The number of hydrogen-bond acceptors (Lipinski definition) is 2. The zero-order valence-electron chi connectivity index (χ0n) is 11.6. The van der Waals surface area contributed by atoms with Gasteiger partial charge in [0, 0.05) is 6.54 Å². The fraction of sp³-hybridized carbons (Fsp3) is 0.733.